The first-order valence-electron chi connectivity index (χ1n) is 10.3. The van der Waals surface area contributed by atoms with Crippen LogP contribution in [0.1, 0.15) is 47.8 Å². The summed E-state index contributed by atoms with van der Waals surface area (Å²) in [7, 11) is 0. The van der Waals surface area contributed by atoms with Gasteiger partial charge in [-0.15, -0.1) is 0 Å². The van der Waals surface area contributed by atoms with Gasteiger partial charge in [0, 0.05) is 37.5 Å². The van der Waals surface area contributed by atoms with E-state index in [0.717, 1.165) is 49.4 Å². The van der Waals surface area contributed by atoms with Gasteiger partial charge in [0.15, 0.2) is 0 Å². The molecule has 1 saturated carbocycles. The third-order valence-corrected chi connectivity index (χ3v) is 6.02. The lowest BCUT2D eigenvalue weighted by Crippen LogP contribution is -2.39. The molecule has 2 aromatic rings. The lowest BCUT2D eigenvalue weighted by atomic mass is 9.90. The molecule has 0 bridgehead atoms. The van der Waals surface area contributed by atoms with Crippen LogP contribution in [0.5, 0.6) is 5.75 Å². The van der Waals surface area contributed by atoms with E-state index in [1.54, 1.807) is 0 Å². The number of hydrogen-bond acceptors (Lipinski definition) is 4. The number of carbonyl (C=O) groups excluding carboxylic acids is 1. The quantitative estimate of drug-likeness (QED) is 0.818. The normalized spacial score (nSPS) is 21.0. The van der Waals surface area contributed by atoms with Gasteiger partial charge < -0.3 is 14.4 Å². The van der Waals surface area contributed by atoms with E-state index in [2.05, 4.69) is 6.92 Å². The van der Waals surface area contributed by atoms with Crippen LogP contribution < -0.4 is 4.74 Å². The molecular formula is C23H26N2O3. The maximum atomic E-state index is 12.6. The minimum absolute atomic E-state index is 0.176. The van der Waals surface area contributed by atoms with Crippen LogP contribution in [0.15, 0.2) is 30.3 Å². The topological polar surface area (TPSA) is 51.7 Å². The number of hydrogen-bond donors (Lipinski definition) is 0. The van der Waals surface area contributed by atoms with Gasteiger partial charge in [-0.1, -0.05) is 18.2 Å². The molecule has 2 aliphatic heterocycles. The molecule has 1 atom stereocenters. The first-order chi connectivity index (χ1) is 13.7. The summed E-state index contributed by atoms with van der Waals surface area (Å²) in [5, 5.41) is 0. The fourth-order valence-electron chi connectivity index (χ4n) is 4.28. The highest BCUT2D eigenvalue weighted by molar-refractivity contribution is 5.81. The Bertz CT molecular complexity index is 892. The van der Waals surface area contributed by atoms with Gasteiger partial charge in [-0.05, 0) is 48.6 Å². The molecule has 5 nitrogen and oxygen atoms in total. The van der Waals surface area contributed by atoms with Crippen molar-refractivity contribution in [2.24, 2.45) is 5.92 Å². The van der Waals surface area contributed by atoms with Crippen LogP contribution in [0.2, 0.25) is 0 Å². The Kier molecular flexibility index (Phi) is 4.55. The fourth-order valence-corrected chi connectivity index (χ4v) is 4.28. The van der Waals surface area contributed by atoms with Crippen molar-refractivity contribution in [3.63, 3.8) is 0 Å². The zero-order chi connectivity index (χ0) is 19.1. The number of rotatable bonds is 4. The summed E-state index contributed by atoms with van der Waals surface area (Å²) in [5.74, 6) is 1.44. The molecule has 28 heavy (non-hydrogen) atoms. The third kappa shape index (κ3) is 3.39. The molecule has 1 aromatic carbocycles. The number of benzene rings is 1. The number of amides is 1. The fraction of sp³-hybridized carbons (Fsp3) is 0.478. The minimum atomic E-state index is 0.176. The molecule has 3 aliphatic rings. The van der Waals surface area contributed by atoms with Crippen LogP contribution >= 0.6 is 0 Å². The molecule has 1 fully saturated rings. The molecule has 0 unspecified atom stereocenters. The monoisotopic (exact) mass is 378 g/mol. The Morgan fingerprint density at radius 3 is 2.82 bits per heavy atom. The Morgan fingerprint density at radius 2 is 2.04 bits per heavy atom. The number of nitrogens with zero attached hydrogens (tertiary/aromatic N) is 2. The average Bonchev–Trinajstić information content (AvgIpc) is 3.57. The molecule has 5 rings (SSSR count). The highest BCUT2D eigenvalue weighted by Crippen LogP contribution is 2.35. The largest absolute Gasteiger partial charge is 0.487 e. The number of ether oxygens (including phenoxy) is 2. The molecular weight excluding hydrogens is 352 g/mol. The molecule has 1 aliphatic carbocycles. The van der Waals surface area contributed by atoms with Crippen LogP contribution in [-0.2, 0) is 42.1 Å². The Labute approximate surface area is 165 Å². The van der Waals surface area contributed by atoms with E-state index in [0.29, 0.717) is 25.7 Å². The molecule has 146 valence electrons. The second-order valence-corrected chi connectivity index (χ2v) is 8.15. The number of fused-ring (bicyclic) bond motifs is 3. The average molecular weight is 378 g/mol. The molecule has 0 saturated heterocycles. The van der Waals surface area contributed by atoms with E-state index in [4.69, 9.17) is 14.5 Å². The second kappa shape index (κ2) is 7.21. The standard InChI is InChI=1S/C23H26N2O3/c1-15-11-18-20(13-27-15)19-12-25(23(26)16-7-8-16)10-9-21(19)24-22(18)14-28-17-5-3-2-4-6-17/h2-6,15-16H,7-14H2,1H3/t15-/m0/s1. The zero-order valence-electron chi connectivity index (χ0n) is 16.3. The maximum absolute atomic E-state index is 12.6. The smallest absolute Gasteiger partial charge is 0.225 e. The number of para-hydroxylation sites is 1. The van der Waals surface area contributed by atoms with Crippen LogP contribution in [0.3, 0.4) is 0 Å². The van der Waals surface area contributed by atoms with Crippen molar-refractivity contribution in [2.45, 2.75) is 58.5 Å². The molecule has 0 N–H and O–H groups in total. The van der Waals surface area contributed by atoms with Crippen LogP contribution in [-0.4, -0.2) is 28.4 Å². The van der Waals surface area contributed by atoms with Crippen molar-refractivity contribution >= 4 is 5.91 Å². The Morgan fingerprint density at radius 1 is 1.21 bits per heavy atom. The molecule has 1 aromatic heterocycles. The highest BCUT2D eigenvalue weighted by Gasteiger charge is 2.36. The zero-order valence-corrected chi connectivity index (χ0v) is 16.3. The van der Waals surface area contributed by atoms with Gasteiger partial charge >= 0.3 is 0 Å². The lowest BCUT2D eigenvalue weighted by molar-refractivity contribution is -0.133. The molecule has 5 heteroatoms. The van der Waals surface area contributed by atoms with Crippen molar-refractivity contribution in [3.8, 4) is 5.75 Å². The van der Waals surface area contributed by atoms with Gasteiger partial charge in [-0.2, -0.15) is 0 Å². The summed E-state index contributed by atoms with van der Waals surface area (Å²) in [5.41, 5.74) is 5.85. The van der Waals surface area contributed by atoms with Gasteiger partial charge in [0.05, 0.1) is 18.4 Å². The van der Waals surface area contributed by atoms with Crippen LogP contribution in [0.25, 0.3) is 0 Å². The van der Waals surface area contributed by atoms with Crippen LogP contribution in [0, 0.1) is 5.92 Å². The van der Waals surface area contributed by atoms with E-state index in [9.17, 15) is 4.79 Å². The number of aromatic nitrogens is 1. The van der Waals surface area contributed by atoms with E-state index >= 15 is 0 Å². The van der Waals surface area contributed by atoms with Crippen molar-refractivity contribution in [2.75, 3.05) is 6.54 Å². The summed E-state index contributed by atoms with van der Waals surface area (Å²) in [6.45, 7) is 4.62. The van der Waals surface area contributed by atoms with E-state index in [1.165, 1.54) is 16.7 Å². The van der Waals surface area contributed by atoms with E-state index in [-0.39, 0.29) is 12.0 Å². The molecule has 0 spiro atoms. The molecule has 1 amide bonds. The Balaban J connectivity index is 1.45. The van der Waals surface area contributed by atoms with Gasteiger partial charge in [0.2, 0.25) is 5.91 Å². The van der Waals surface area contributed by atoms with Gasteiger partial charge in [-0.25, -0.2) is 0 Å². The first kappa shape index (κ1) is 17.7. The Hall–Kier alpha value is -2.40. The third-order valence-electron chi connectivity index (χ3n) is 6.02. The lowest BCUT2D eigenvalue weighted by Gasteiger charge is -2.34. The summed E-state index contributed by atoms with van der Waals surface area (Å²) in [6, 6.07) is 9.88. The van der Waals surface area contributed by atoms with Crippen molar-refractivity contribution < 1.29 is 14.3 Å². The van der Waals surface area contributed by atoms with Crippen LogP contribution in [0.4, 0.5) is 0 Å². The second-order valence-electron chi connectivity index (χ2n) is 8.15. The SMILES string of the molecule is C[C@H]1Cc2c(COc3ccccc3)nc3c(c2CO1)CN(C(=O)C1CC1)CC3. The predicted octanol–water partition coefficient (Wildman–Crippen LogP) is 3.42. The highest BCUT2D eigenvalue weighted by atomic mass is 16.5. The summed E-state index contributed by atoms with van der Waals surface area (Å²) >= 11 is 0. The number of carbonyl (C=O) groups is 1. The maximum Gasteiger partial charge on any atom is 0.225 e. The van der Waals surface area contributed by atoms with Crippen molar-refractivity contribution in [3.05, 3.63) is 58.4 Å². The van der Waals surface area contributed by atoms with Crippen molar-refractivity contribution in [1.29, 1.82) is 0 Å². The molecule has 0 radical (unpaired) electrons. The van der Waals surface area contributed by atoms with E-state index in [1.807, 2.05) is 35.2 Å². The first-order valence-corrected chi connectivity index (χ1v) is 10.3. The van der Waals surface area contributed by atoms with Gasteiger partial charge in [0.1, 0.15) is 12.4 Å². The predicted molar refractivity (Wildman–Crippen MR) is 105 cm³/mol. The van der Waals surface area contributed by atoms with Gasteiger partial charge in [-0.3, -0.25) is 9.78 Å². The van der Waals surface area contributed by atoms with Gasteiger partial charge in [0.25, 0.3) is 0 Å². The summed E-state index contributed by atoms with van der Waals surface area (Å²) in [4.78, 5) is 19.6. The molecule has 3 heterocycles. The minimum Gasteiger partial charge on any atom is -0.487 e. The number of pyridine rings is 1. The summed E-state index contributed by atoms with van der Waals surface area (Å²) < 4.78 is 12.0. The van der Waals surface area contributed by atoms with Crippen molar-refractivity contribution in [1.82, 2.24) is 9.88 Å². The van der Waals surface area contributed by atoms with E-state index < -0.39 is 0 Å². The summed E-state index contributed by atoms with van der Waals surface area (Å²) in [6.07, 6.45) is 3.94.